The first-order valence-corrected chi connectivity index (χ1v) is 14.3. The van der Waals surface area contributed by atoms with Gasteiger partial charge in [0, 0.05) is 46.7 Å². The van der Waals surface area contributed by atoms with Crippen LogP contribution in [0.1, 0.15) is 61.1 Å². The van der Waals surface area contributed by atoms with E-state index in [1.54, 1.807) is 14.1 Å². The van der Waals surface area contributed by atoms with E-state index in [0.29, 0.717) is 12.1 Å². The minimum Gasteiger partial charge on any atom is -0.510 e. The van der Waals surface area contributed by atoms with Crippen molar-refractivity contribution >= 4 is 23.2 Å². The number of nitrogens with zero attached hydrogens (tertiary/aromatic N) is 2. The van der Waals surface area contributed by atoms with E-state index in [-0.39, 0.29) is 52.7 Å². The summed E-state index contributed by atoms with van der Waals surface area (Å²) in [5.41, 5.74) is 1.30. The number of carbonyl (C=O) groups is 3. The molecule has 0 bridgehead atoms. The standard InChI is InChI=1S/C30H37FN4O7/c1-11(2)35-7-6-29(3)10-33-20-17(25(29)35)19(31)13-8-12-9-14-21(34(4)5)24(38)18(28(32)41)27(40)30(14,42)26(39)15(12)22(36)16(13)23(20)37/h11-12,14,21,25,33,37-39,42H,6-10H2,1-5H3,(H2,32,41)/t12-,14-,21-,25?,29?,30-/m0/s1. The van der Waals surface area contributed by atoms with Gasteiger partial charge in [-0.3, -0.25) is 24.2 Å². The molecule has 0 saturated carbocycles. The number of nitrogens with two attached hydrogens (primary N) is 1. The summed E-state index contributed by atoms with van der Waals surface area (Å²) in [5.74, 6) is -8.16. The first kappa shape index (κ1) is 28.6. The average Bonchev–Trinajstić information content (AvgIpc) is 3.26. The number of fused-ring (bicyclic) bond motifs is 6. The highest BCUT2D eigenvalue weighted by atomic mass is 19.1. The lowest BCUT2D eigenvalue weighted by molar-refractivity contribution is -0.148. The maximum atomic E-state index is 16.7. The molecule has 0 spiro atoms. The third kappa shape index (κ3) is 3.39. The number of Topliss-reactive ketones (excluding diaryl/α,β-unsaturated/α-hetero) is 2. The number of hydrogen-bond donors (Lipinski definition) is 6. The Morgan fingerprint density at radius 2 is 1.88 bits per heavy atom. The number of likely N-dealkylation sites (N-methyl/N-ethyl adjacent to an activating group) is 1. The van der Waals surface area contributed by atoms with Crippen LogP contribution in [0, 0.1) is 23.1 Å². The van der Waals surface area contributed by atoms with Crippen molar-refractivity contribution in [1.82, 2.24) is 9.80 Å². The SMILES string of the molecule is CC(C)N1CCC2(C)CNc3c(O)c4c(c(F)c3C12)C[C@H]1C[C@H]2[C@H](N(C)C)C(O)=C(C(N)=O)C(=O)[C@@]2(O)C(O)=C1C4=O. The number of aromatic hydroxyl groups is 1. The van der Waals surface area contributed by atoms with Crippen molar-refractivity contribution < 1.29 is 39.2 Å². The van der Waals surface area contributed by atoms with Gasteiger partial charge in [-0.15, -0.1) is 0 Å². The molecule has 0 aromatic heterocycles. The first-order chi connectivity index (χ1) is 19.6. The number of allylic oxidation sites excluding steroid dienone is 1. The number of rotatable bonds is 3. The molecule has 1 aromatic carbocycles. The quantitative estimate of drug-likeness (QED) is 0.227. The molecular weight excluding hydrogens is 547 g/mol. The summed E-state index contributed by atoms with van der Waals surface area (Å²) in [6, 6.07) is -1.33. The number of aliphatic hydroxyl groups excluding tert-OH is 2. The van der Waals surface area contributed by atoms with E-state index in [2.05, 4.69) is 17.1 Å². The Labute approximate surface area is 242 Å². The number of primary amides is 1. The number of benzene rings is 1. The van der Waals surface area contributed by atoms with Gasteiger partial charge in [0.1, 0.15) is 22.9 Å². The van der Waals surface area contributed by atoms with Gasteiger partial charge < -0.3 is 31.5 Å². The monoisotopic (exact) mass is 584 g/mol. The third-order valence-corrected chi connectivity index (χ3v) is 10.4. The second kappa shape index (κ2) is 9.01. The Morgan fingerprint density at radius 3 is 2.48 bits per heavy atom. The molecule has 2 unspecified atom stereocenters. The van der Waals surface area contributed by atoms with Crippen molar-refractivity contribution in [3.8, 4) is 5.75 Å². The topological polar surface area (TPSA) is 177 Å². The van der Waals surface area contributed by atoms with E-state index in [9.17, 15) is 34.8 Å². The van der Waals surface area contributed by atoms with E-state index in [1.807, 2.05) is 13.8 Å². The highest BCUT2D eigenvalue weighted by Crippen LogP contribution is 2.58. The van der Waals surface area contributed by atoms with Crippen molar-refractivity contribution in [1.29, 1.82) is 0 Å². The molecule has 2 aliphatic heterocycles. The number of nitrogens with one attached hydrogen (secondary N) is 1. The average molecular weight is 585 g/mol. The summed E-state index contributed by atoms with van der Waals surface area (Å²) >= 11 is 0. The molecule has 12 heteroatoms. The summed E-state index contributed by atoms with van der Waals surface area (Å²) in [4.78, 5) is 43.3. The zero-order valence-corrected chi connectivity index (χ0v) is 24.3. The number of carbonyl (C=O) groups excluding carboxylic acids is 3. The van der Waals surface area contributed by atoms with Crippen LogP contribution in [0.3, 0.4) is 0 Å². The fourth-order valence-corrected chi connectivity index (χ4v) is 8.40. The number of phenolic OH excluding ortho intramolecular Hbond substituents is 1. The van der Waals surface area contributed by atoms with Crippen LogP contribution >= 0.6 is 0 Å². The van der Waals surface area contributed by atoms with Gasteiger partial charge in [0.2, 0.25) is 5.78 Å². The molecule has 11 nitrogen and oxygen atoms in total. The van der Waals surface area contributed by atoms with Gasteiger partial charge in [0.05, 0.1) is 17.3 Å². The van der Waals surface area contributed by atoms with Crippen molar-refractivity contribution in [3.05, 3.63) is 45.2 Å². The third-order valence-electron chi connectivity index (χ3n) is 10.4. The fraction of sp³-hybridized carbons (Fsp3) is 0.567. The molecule has 3 aliphatic carbocycles. The van der Waals surface area contributed by atoms with Gasteiger partial charge in [-0.25, -0.2) is 4.39 Å². The Hall–Kier alpha value is -3.48. The number of hydrogen-bond acceptors (Lipinski definition) is 10. The summed E-state index contributed by atoms with van der Waals surface area (Å²) in [5, 5.41) is 48.8. The smallest absolute Gasteiger partial charge is 0.255 e. The summed E-state index contributed by atoms with van der Waals surface area (Å²) in [6.45, 7) is 7.37. The van der Waals surface area contributed by atoms with E-state index < -0.39 is 69.6 Å². The van der Waals surface area contributed by atoms with Crippen molar-refractivity contribution in [2.45, 2.75) is 63.8 Å². The van der Waals surface area contributed by atoms with Gasteiger partial charge in [-0.2, -0.15) is 0 Å². The van der Waals surface area contributed by atoms with Gasteiger partial charge in [-0.1, -0.05) is 6.92 Å². The predicted molar refractivity (Wildman–Crippen MR) is 149 cm³/mol. The van der Waals surface area contributed by atoms with Crippen molar-refractivity contribution in [2.75, 3.05) is 32.5 Å². The Bertz CT molecular complexity index is 1530. The molecule has 1 saturated heterocycles. The maximum Gasteiger partial charge on any atom is 0.255 e. The van der Waals surface area contributed by atoms with Crippen LogP contribution in [0.5, 0.6) is 5.75 Å². The van der Waals surface area contributed by atoms with Crippen LogP contribution < -0.4 is 11.1 Å². The highest BCUT2D eigenvalue weighted by molar-refractivity contribution is 6.25. The van der Waals surface area contributed by atoms with Crippen LogP contribution in [-0.4, -0.2) is 92.6 Å². The van der Waals surface area contributed by atoms with Crippen LogP contribution in [0.25, 0.3) is 0 Å². The normalized spacial score (nSPS) is 34.2. The molecule has 2 heterocycles. The summed E-state index contributed by atoms with van der Waals surface area (Å²) in [7, 11) is 3.12. The number of phenols is 1. The lowest BCUT2D eigenvalue weighted by Gasteiger charge is -2.50. The van der Waals surface area contributed by atoms with Crippen LogP contribution in [0.2, 0.25) is 0 Å². The zero-order valence-electron chi connectivity index (χ0n) is 24.3. The van der Waals surface area contributed by atoms with Gasteiger partial charge >= 0.3 is 0 Å². The predicted octanol–water partition coefficient (Wildman–Crippen LogP) is 1.85. The van der Waals surface area contributed by atoms with Crippen molar-refractivity contribution in [2.24, 2.45) is 23.0 Å². The number of amides is 1. The van der Waals surface area contributed by atoms with Crippen LogP contribution in [-0.2, 0) is 16.0 Å². The van der Waals surface area contributed by atoms with Crippen LogP contribution in [0.4, 0.5) is 10.1 Å². The van der Waals surface area contributed by atoms with E-state index >= 15 is 4.39 Å². The molecule has 1 aromatic rings. The molecule has 6 atom stereocenters. The number of likely N-dealkylation sites (tertiary alicyclic amines) is 1. The number of ketones is 2. The first-order valence-electron chi connectivity index (χ1n) is 14.3. The molecule has 1 fully saturated rings. The molecule has 0 radical (unpaired) electrons. The summed E-state index contributed by atoms with van der Waals surface area (Å²) in [6.07, 6.45) is 0.638. The lowest BCUT2D eigenvalue weighted by atomic mass is 9.58. The Morgan fingerprint density at radius 1 is 1.21 bits per heavy atom. The van der Waals surface area contributed by atoms with E-state index in [4.69, 9.17) is 5.73 Å². The number of aliphatic hydroxyl groups is 3. The minimum absolute atomic E-state index is 0.0195. The molecule has 7 N–H and O–H groups in total. The Balaban J connectivity index is 1.55. The molecule has 6 rings (SSSR count). The van der Waals surface area contributed by atoms with Gasteiger partial charge in [-0.05, 0) is 59.7 Å². The lowest BCUT2D eigenvalue weighted by Crippen LogP contribution is -2.63. The summed E-state index contributed by atoms with van der Waals surface area (Å²) < 4.78 is 16.7. The van der Waals surface area contributed by atoms with E-state index in [0.717, 1.165) is 13.0 Å². The van der Waals surface area contributed by atoms with Crippen LogP contribution in [0.15, 0.2) is 22.7 Å². The van der Waals surface area contributed by atoms with Crippen molar-refractivity contribution in [3.63, 3.8) is 0 Å². The Kier molecular flexibility index (Phi) is 6.14. The number of anilines is 1. The molecule has 5 aliphatic rings. The fourth-order valence-electron chi connectivity index (χ4n) is 8.40. The van der Waals surface area contributed by atoms with Gasteiger partial charge in [0.15, 0.2) is 17.1 Å². The molecule has 1 amide bonds. The molecular formula is C30H37FN4O7. The molecule has 42 heavy (non-hydrogen) atoms. The second-order valence-corrected chi connectivity index (χ2v) is 13.3. The minimum atomic E-state index is -2.74. The maximum absolute atomic E-state index is 16.7. The molecule has 226 valence electrons. The highest BCUT2D eigenvalue weighted by Gasteiger charge is 2.63. The van der Waals surface area contributed by atoms with Gasteiger partial charge in [0.25, 0.3) is 5.91 Å². The second-order valence-electron chi connectivity index (χ2n) is 13.3. The zero-order chi connectivity index (χ0) is 30.8. The van der Waals surface area contributed by atoms with E-state index in [1.165, 1.54) is 4.90 Å². The largest absolute Gasteiger partial charge is 0.510 e. The number of halogens is 1.